The summed E-state index contributed by atoms with van der Waals surface area (Å²) >= 11 is 0. The van der Waals surface area contributed by atoms with E-state index in [9.17, 15) is 103 Å². The van der Waals surface area contributed by atoms with Crippen LogP contribution < -0.4 is 0 Å². The van der Waals surface area contributed by atoms with E-state index in [0.717, 1.165) is 0 Å². The standard InChI is InChI=1S/C36H24O37/c37-11-36(57)29(50)26(49)25(48)27(61-36)24-28(33(54)73-67-19(43)6-5-18(42)66-72-32(24)53)60-23(47)10-35(56,34(55)59-13-8-21(45)69-63-15(39)2-4-17(41)65-71-31(13)52)9-22(46)58-12-7-20(44)68-62-14(38)1-3-16(40)64-70-30(12)51/h1-8,25-27,29,37,48-50,56-57H,9-11H2. The van der Waals surface area contributed by atoms with E-state index in [1.165, 1.54) is 0 Å². The number of esters is 3. The van der Waals surface area contributed by atoms with Crippen molar-refractivity contribution in [3.63, 3.8) is 0 Å². The second-order valence-electron chi connectivity index (χ2n) is 13.2. The Morgan fingerprint density at radius 1 is 0.493 bits per heavy atom. The van der Waals surface area contributed by atoms with Gasteiger partial charge in [-0.05, 0) is 0 Å². The number of aliphatic hydroxyl groups is 6. The van der Waals surface area contributed by atoms with Crippen molar-refractivity contribution < 1.29 is 180 Å². The first kappa shape index (κ1) is 55.8. The van der Waals surface area contributed by atoms with E-state index in [4.69, 9.17) is 9.47 Å². The molecule has 390 valence electrons. The van der Waals surface area contributed by atoms with Gasteiger partial charge in [0.15, 0.2) is 5.60 Å². The Labute approximate surface area is 396 Å². The van der Waals surface area contributed by atoms with Crippen LogP contribution in [-0.2, 0) is 150 Å². The number of rotatable bonds is 10. The van der Waals surface area contributed by atoms with Gasteiger partial charge in [0, 0.05) is 36.5 Å². The minimum atomic E-state index is -4.19. The molecule has 0 bridgehead atoms. The summed E-state index contributed by atoms with van der Waals surface area (Å²) in [4.78, 5) is 238. The van der Waals surface area contributed by atoms with Crippen molar-refractivity contribution in [3.05, 3.63) is 71.5 Å². The van der Waals surface area contributed by atoms with Gasteiger partial charge in [-0.3, -0.25) is 9.59 Å². The Morgan fingerprint density at radius 2 is 0.849 bits per heavy atom. The monoisotopic (exact) mass is 1050 g/mol. The van der Waals surface area contributed by atoms with Crippen molar-refractivity contribution >= 4 is 89.5 Å². The van der Waals surface area contributed by atoms with Crippen LogP contribution in [0, 0.1) is 0 Å². The molecule has 0 aromatic rings. The maximum absolute atomic E-state index is 13.8. The molecule has 0 aliphatic carbocycles. The summed E-state index contributed by atoms with van der Waals surface area (Å²) in [7, 11) is 0. The van der Waals surface area contributed by atoms with E-state index in [1.807, 2.05) is 0 Å². The summed E-state index contributed by atoms with van der Waals surface area (Å²) in [5, 5.41) is 63.7. The van der Waals surface area contributed by atoms with Crippen LogP contribution in [-0.4, -0.2) is 163 Å². The summed E-state index contributed by atoms with van der Waals surface area (Å²) < 4.78 is 18.8. The lowest BCUT2D eigenvalue weighted by Gasteiger charge is -2.45. The van der Waals surface area contributed by atoms with E-state index in [1.54, 1.807) is 0 Å². The molecular weight excluding hydrogens is 1020 g/mol. The fourth-order valence-electron chi connectivity index (χ4n) is 4.83. The van der Waals surface area contributed by atoms with Gasteiger partial charge in [-0.1, -0.05) is 0 Å². The van der Waals surface area contributed by atoms with Gasteiger partial charge < -0.3 is 49.6 Å². The molecule has 6 atom stereocenters. The molecule has 6 N–H and O–H groups in total. The van der Waals surface area contributed by atoms with Gasteiger partial charge in [0.25, 0.3) is 0 Å². The molecule has 0 radical (unpaired) electrons. The molecule has 6 unspecified atom stereocenters. The lowest BCUT2D eigenvalue weighted by Crippen LogP contribution is -2.66. The summed E-state index contributed by atoms with van der Waals surface area (Å²) in [5.41, 5.74) is -6.14. The predicted octanol–water partition coefficient (Wildman–Crippen LogP) is -7.97. The Balaban J connectivity index is 1.85. The normalized spacial score (nSPS) is 24.7. The highest BCUT2D eigenvalue weighted by Gasteiger charge is 2.56. The number of hydrogen-bond donors (Lipinski definition) is 6. The molecule has 4 rings (SSSR count). The average molecular weight is 1050 g/mol. The smallest absolute Gasteiger partial charge is 0.418 e. The van der Waals surface area contributed by atoms with Crippen molar-refractivity contribution in [2.24, 2.45) is 0 Å². The van der Waals surface area contributed by atoms with Crippen LogP contribution >= 0.6 is 0 Å². The van der Waals surface area contributed by atoms with E-state index >= 15 is 0 Å². The molecule has 37 heteroatoms. The van der Waals surface area contributed by atoms with Gasteiger partial charge in [-0.25, -0.2) is 121 Å². The number of hydrogen-bond acceptors (Lipinski definition) is 37. The van der Waals surface area contributed by atoms with E-state index in [-0.39, 0.29) is 48.6 Å². The van der Waals surface area contributed by atoms with Crippen molar-refractivity contribution in [2.45, 2.75) is 48.6 Å². The molecule has 0 aromatic carbocycles. The highest BCUT2D eigenvalue weighted by Crippen LogP contribution is 2.34. The van der Waals surface area contributed by atoms with E-state index in [2.05, 4.69) is 68.1 Å². The Bertz CT molecular complexity index is 2590. The van der Waals surface area contributed by atoms with Crippen molar-refractivity contribution in [3.8, 4) is 0 Å². The third-order valence-corrected chi connectivity index (χ3v) is 8.01. The summed E-state index contributed by atoms with van der Waals surface area (Å²) in [5.74, 6) is -40.0. The van der Waals surface area contributed by atoms with Crippen molar-refractivity contribution in [2.75, 3.05) is 6.61 Å². The van der Waals surface area contributed by atoms with Gasteiger partial charge in [0.2, 0.25) is 23.1 Å². The SMILES string of the molecule is O=C1C=CC(=O)OOC(=O)C(OC(=O)CC(O)(CC(=O)OC2=C(C3OC(O)(CO)C(O)C(O)C3O)C(=O)OOC(=O)C=CC(=O)OOC2=O)C(=O)OC2=CC(=O)OOC(=O)C=CC(=O)OOC2=O)=CC(=O)OO1. The molecular formula is C36H24O37. The minimum Gasteiger partial charge on any atom is -0.418 e. The highest BCUT2D eigenvalue weighted by molar-refractivity contribution is 6.04. The zero-order chi connectivity index (χ0) is 54.4. The van der Waals surface area contributed by atoms with Crippen LogP contribution in [0.4, 0.5) is 0 Å². The van der Waals surface area contributed by atoms with Crippen LogP contribution in [0.2, 0.25) is 0 Å². The molecule has 0 aromatic heterocycles. The average Bonchev–Trinajstić information content (AvgIpc) is 3.33. The quantitative estimate of drug-likeness (QED) is 0.0672. The fourth-order valence-corrected chi connectivity index (χ4v) is 4.83. The molecule has 0 amide bonds. The van der Waals surface area contributed by atoms with Crippen LogP contribution in [0.1, 0.15) is 12.8 Å². The van der Waals surface area contributed by atoms with Gasteiger partial charge >= 0.3 is 89.5 Å². The topological polar surface area (TPSA) is 525 Å². The second kappa shape index (κ2) is 24.2. The highest BCUT2D eigenvalue weighted by atomic mass is 17.2. The molecule has 1 saturated heterocycles. The van der Waals surface area contributed by atoms with E-state index < -0.39 is 168 Å². The van der Waals surface area contributed by atoms with Gasteiger partial charge in [0.05, 0.1) is 31.6 Å². The number of carbonyl (C=O) groups excluding carboxylic acids is 15. The minimum absolute atomic E-state index is 0.152. The van der Waals surface area contributed by atoms with Gasteiger partial charge in [-0.15, -0.1) is 0 Å². The van der Waals surface area contributed by atoms with Gasteiger partial charge in [0.1, 0.15) is 30.0 Å². The maximum Gasteiger partial charge on any atom is 0.421 e. The van der Waals surface area contributed by atoms with Crippen LogP contribution in [0.5, 0.6) is 0 Å². The molecule has 4 aliphatic rings. The molecule has 4 heterocycles. The molecule has 37 nitrogen and oxygen atoms in total. The van der Waals surface area contributed by atoms with Crippen LogP contribution in [0.3, 0.4) is 0 Å². The van der Waals surface area contributed by atoms with Crippen molar-refractivity contribution in [1.82, 2.24) is 0 Å². The van der Waals surface area contributed by atoms with Gasteiger partial charge in [-0.2, -0.15) is 0 Å². The predicted molar refractivity (Wildman–Crippen MR) is 191 cm³/mol. The Morgan fingerprint density at radius 3 is 1.27 bits per heavy atom. The number of aliphatic hydroxyl groups excluding tert-OH is 4. The third kappa shape index (κ3) is 15.4. The lowest BCUT2D eigenvalue weighted by atomic mass is 9.88. The van der Waals surface area contributed by atoms with Crippen LogP contribution in [0.25, 0.3) is 0 Å². The summed E-state index contributed by atoms with van der Waals surface area (Å²) in [6.45, 7) is -1.75. The molecule has 73 heavy (non-hydrogen) atoms. The largest absolute Gasteiger partial charge is 0.421 e. The number of carbonyl (C=O) groups is 15. The summed E-state index contributed by atoms with van der Waals surface area (Å²) in [6, 6.07) is 0. The van der Waals surface area contributed by atoms with Crippen LogP contribution in [0.15, 0.2) is 71.5 Å². The fraction of sp³-hybridized carbons (Fsp3) is 0.250. The zero-order valence-corrected chi connectivity index (χ0v) is 34.9. The second-order valence-corrected chi connectivity index (χ2v) is 13.2. The van der Waals surface area contributed by atoms with Crippen molar-refractivity contribution in [1.29, 1.82) is 0 Å². The molecule has 0 saturated carbocycles. The lowest BCUT2D eigenvalue weighted by molar-refractivity contribution is -0.349. The number of ether oxygens (including phenoxy) is 4. The summed E-state index contributed by atoms with van der Waals surface area (Å²) in [6.07, 6.45) is -15.0. The maximum atomic E-state index is 13.8. The molecule has 0 spiro atoms. The zero-order valence-electron chi connectivity index (χ0n) is 34.9. The van der Waals surface area contributed by atoms with E-state index in [0.29, 0.717) is 0 Å². The first-order valence-corrected chi connectivity index (χ1v) is 18.4. The molecule has 1 fully saturated rings. The molecule has 4 aliphatic heterocycles. The first-order chi connectivity index (χ1) is 34.2. The third-order valence-electron chi connectivity index (χ3n) is 8.01. The Hall–Kier alpha value is -9.79. The first-order valence-electron chi connectivity index (χ1n) is 18.4. The Kier molecular flexibility index (Phi) is 18.5.